The van der Waals surface area contributed by atoms with Crippen LogP contribution >= 0.6 is 0 Å². The zero-order valence-electron chi connectivity index (χ0n) is 17.0. The molecule has 0 bridgehead atoms. The number of piperidine rings is 1. The van der Waals surface area contributed by atoms with Crippen LogP contribution in [0.15, 0.2) is 53.1 Å². The number of fused-ring (bicyclic) bond motifs is 2. The second kappa shape index (κ2) is 6.97. The van der Waals surface area contributed by atoms with Crippen LogP contribution in [-0.2, 0) is 0 Å². The van der Waals surface area contributed by atoms with E-state index in [4.69, 9.17) is 10.5 Å². The number of carbonyl (C=O) groups is 2. The van der Waals surface area contributed by atoms with E-state index in [0.717, 1.165) is 11.1 Å². The molecule has 30 heavy (non-hydrogen) atoms. The Morgan fingerprint density at radius 2 is 2.07 bits per heavy atom. The first-order valence-corrected chi connectivity index (χ1v) is 10.5. The van der Waals surface area contributed by atoms with E-state index in [1.807, 2.05) is 30.5 Å². The second-order valence-corrected chi connectivity index (χ2v) is 8.58. The van der Waals surface area contributed by atoms with Crippen LogP contribution in [0, 0.1) is 5.92 Å². The van der Waals surface area contributed by atoms with Gasteiger partial charge in [-0.3, -0.25) is 9.79 Å². The number of rotatable bonds is 1. The van der Waals surface area contributed by atoms with E-state index in [1.165, 1.54) is 5.57 Å². The maximum Gasteiger partial charge on any atom is 0.314 e. The van der Waals surface area contributed by atoms with Gasteiger partial charge in [-0.25, -0.2) is 4.79 Å². The maximum absolute atomic E-state index is 13.1. The number of Topliss-reactive ketones (excluding diaryl/α,β-unsaturated/α-hetero) is 1. The average molecular weight is 403 g/mol. The number of likely N-dealkylation sites (tertiary alicyclic amines) is 1. The highest BCUT2D eigenvalue weighted by molar-refractivity contribution is 6.01. The van der Waals surface area contributed by atoms with E-state index in [2.05, 4.69) is 30.1 Å². The first-order valence-electron chi connectivity index (χ1n) is 10.5. The minimum absolute atomic E-state index is 0.0974. The summed E-state index contributed by atoms with van der Waals surface area (Å²) in [6.07, 6.45) is 11.9. The van der Waals surface area contributed by atoms with Crippen molar-refractivity contribution >= 4 is 23.6 Å². The fourth-order valence-corrected chi connectivity index (χ4v) is 4.99. The molecule has 3 aliphatic heterocycles. The topological polar surface area (TPSA) is 85.0 Å². The summed E-state index contributed by atoms with van der Waals surface area (Å²) in [6.45, 7) is 3.15. The van der Waals surface area contributed by atoms with Gasteiger partial charge in [0, 0.05) is 38.1 Å². The molecule has 4 aliphatic rings. The Morgan fingerprint density at radius 3 is 2.83 bits per heavy atom. The number of ether oxygens (including phenoxy) is 1. The van der Waals surface area contributed by atoms with E-state index in [0.29, 0.717) is 49.6 Å². The van der Waals surface area contributed by atoms with Crippen molar-refractivity contribution in [3.05, 3.63) is 59.2 Å². The molecular formula is C24H25N3O3. The predicted octanol–water partition coefficient (Wildman–Crippen LogP) is 3.53. The summed E-state index contributed by atoms with van der Waals surface area (Å²) in [5.41, 5.74) is 8.84. The van der Waals surface area contributed by atoms with Crippen molar-refractivity contribution in [1.29, 1.82) is 0 Å². The Kier molecular flexibility index (Phi) is 4.38. The zero-order chi connectivity index (χ0) is 20.9. The van der Waals surface area contributed by atoms with Gasteiger partial charge in [0.15, 0.2) is 5.78 Å². The predicted molar refractivity (Wildman–Crippen MR) is 116 cm³/mol. The zero-order valence-corrected chi connectivity index (χ0v) is 17.0. The number of nitrogens with zero attached hydrogens (tertiary/aromatic N) is 2. The van der Waals surface area contributed by atoms with Gasteiger partial charge in [0.1, 0.15) is 11.4 Å². The molecule has 0 radical (unpaired) electrons. The molecule has 1 aliphatic carbocycles. The van der Waals surface area contributed by atoms with Gasteiger partial charge in [0.2, 0.25) is 0 Å². The van der Waals surface area contributed by atoms with Gasteiger partial charge in [-0.05, 0) is 41.8 Å². The first-order chi connectivity index (χ1) is 14.5. The number of nitrogens with two attached hydrogens (primary N) is 1. The Bertz CT molecular complexity index is 1040. The lowest BCUT2D eigenvalue weighted by Crippen LogP contribution is -2.53. The highest BCUT2D eigenvalue weighted by Gasteiger charge is 2.43. The van der Waals surface area contributed by atoms with Crippen molar-refractivity contribution in [3.63, 3.8) is 0 Å². The maximum atomic E-state index is 13.1. The molecule has 5 rings (SSSR count). The Morgan fingerprint density at radius 1 is 1.27 bits per heavy atom. The highest BCUT2D eigenvalue weighted by Crippen LogP contribution is 2.41. The number of hydrogen-bond acceptors (Lipinski definition) is 4. The Balaban J connectivity index is 1.42. The standard InChI is InChI=1S/C24H25N3O3/c1-15-18(6-4-16-3-2-10-26-22(15)16)17-5-7-21-19(13-17)20(28)14-24(30-21)8-11-27(12-9-24)23(25)29/h2-7,10,13,16,22H,8-9,11-12,14H2,1H3,(H2,25,29). The summed E-state index contributed by atoms with van der Waals surface area (Å²) in [6, 6.07) is 5.59. The molecule has 6 nitrogen and oxygen atoms in total. The van der Waals surface area contributed by atoms with Gasteiger partial charge < -0.3 is 15.4 Å². The lowest BCUT2D eigenvalue weighted by atomic mass is 9.80. The minimum Gasteiger partial charge on any atom is -0.486 e. The van der Waals surface area contributed by atoms with Gasteiger partial charge in [-0.1, -0.05) is 24.3 Å². The number of benzene rings is 1. The van der Waals surface area contributed by atoms with Gasteiger partial charge in [-0.2, -0.15) is 0 Å². The second-order valence-electron chi connectivity index (χ2n) is 8.58. The fourth-order valence-electron chi connectivity index (χ4n) is 4.99. The molecule has 1 aromatic carbocycles. The molecule has 1 saturated heterocycles. The molecule has 2 unspecified atom stereocenters. The SMILES string of the molecule is CC1=C(c2ccc3c(c2)C(=O)CC2(CCN(C(N)=O)CC2)O3)C=CC2C=CC=NC12. The van der Waals surface area contributed by atoms with Gasteiger partial charge in [-0.15, -0.1) is 0 Å². The van der Waals surface area contributed by atoms with Crippen LogP contribution in [0.2, 0.25) is 0 Å². The van der Waals surface area contributed by atoms with Crippen molar-refractivity contribution in [2.45, 2.75) is 37.8 Å². The summed E-state index contributed by atoms with van der Waals surface area (Å²) in [5.74, 6) is 1.03. The number of amides is 2. The van der Waals surface area contributed by atoms with Crippen LogP contribution in [0.1, 0.15) is 42.1 Å². The smallest absolute Gasteiger partial charge is 0.314 e. The molecule has 1 spiro atoms. The summed E-state index contributed by atoms with van der Waals surface area (Å²) in [5, 5.41) is 0. The van der Waals surface area contributed by atoms with Crippen molar-refractivity contribution in [2.24, 2.45) is 16.6 Å². The molecule has 6 heteroatoms. The minimum atomic E-state index is -0.534. The molecule has 0 saturated carbocycles. The van der Waals surface area contributed by atoms with Crippen molar-refractivity contribution in [1.82, 2.24) is 4.90 Å². The molecule has 1 aromatic rings. The van der Waals surface area contributed by atoms with E-state index in [-0.39, 0.29) is 11.8 Å². The number of allylic oxidation sites excluding steroid dienone is 3. The third-order valence-corrected chi connectivity index (χ3v) is 6.77. The quantitative estimate of drug-likeness (QED) is 0.778. The molecular weight excluding hydrogens is 378 g/mol. The molecule has 1 fully saturated rings. The van der Waals surface area contributed by atoms with E-state index >= 15 is 0 Å². The van der Waals surface area contributed by atoms with Crippen LogP contribution in [-0.4, -0.2) is 47.7 Å². The van der Waals surface area contributed by atoms with Crippen LogP contribution in [0.25, 0.3) is 5.57 Å². The van der Waals surface area contributed by atoms with Crippen LogP contribution < -0.4 is 10.5 Å². The summed E-state index contributed by atoms with van der Waals surface area (Å²) in [4.78, 5) is 30.7. The van der Waals surface area contributed by atoms with E-state index < -0.39 is 11.6 Å². The molecule has 3 heterocycles. The number of urea groups is 1. The number of primary amides is 1. The van der Waals surface area contributed by atoms with Crippen molar-refractivity contribution < 1.29 is 14.3 Å². The highest BCUT2D eigenvalue weighted by atomic mass is 16.5. The molecule has 2 N–H and O–H groups in total. The number of ketones is 1. The van der Waals surface area contributed by atoms with Crippen molar-refractivity contribution in [3.8, 4) is 5.75 Å². The molecule has 2 atom stereocenters. The molecule has 0 aromatic heterocycles. The third kappa shape index (κ3) is 3.07. The number of carbonyl (C=O) groups excluding carboxylic acids is 2. The summed E-state index contributed by atoms with van der Waals surface area (Å²) >= 11 is 0. The molecule has 154 valence electrons. The van der Waals surface area contributed by atoms with Crippen LogP contribution in [0.5, 0.6) is 5.75 Å². The van der Waals surface area contributed by atoms with E-state index in [1.54, 1.807) is 4.90 Å². The average Bonchev–Trinajstić information content (AvgIpc) is 2.74. The lowest BCUT2D eigenvalue weighted by Gasteiger charge is -2.43. The fraction of sp³-hybridized carbons (Fsp3) is 0.375. The first kappa shape index (κ1) is 18.9. The number of dihydropyridines is 1. The largest absolute Gasteiger partial charge is 0.486 e. The van der Waals surface area contributed by atoms with Crippen molar-refractivity contribution in [2.75, 3.05) is 13.1 Å². The lowest BCUT2D eigenvalue weighted by molar-refractivity contribution is 0.0000408. The molecule has 2 amide bonds. The van der Waals surface area contributed by atoms with Gasteiger partial charge >= 0.3 is 6.03 Å². The summed E-state index contributed by atoms with van der Waals surface area (Å²) in [7, 11) is 0. The third-order valence-electron chi connectivity index (χ3n) is 6.77. The van der Waals surface area contributed by atoms with Gasteiger partial charge in [0.05, 0.1) is 18.0 Å². The summed E-state index contributed by atoms with van der Waals surface area (Å²) < 4.78 is 6.35. The number of aliphatic imine (C=N–C) groups is 1. The Labute approximate surface area is 175 Å². The normalized spacial score (nSPS) is 26.4. The monoisotopic (exact) mass is 403 g/mol. The Hall–Kier alpha value is -3.15. The van der Waals surface area contributed by atoms with E-state index in [9.17, 15) is 9.59 Å². The van der Waals surface area contributed by atoms with Gasteiger partial charge in [0.25, 0.3) is 0 Å². The van der Waals surface area contributed by atoms with Crippen LogP contribution in [0.3, 0.4) is 0 Å². The number of hydrogen-bond donors (Lipinski definition) is 1. The van der Waals surface area contributed by atoms with Crippen LogP contribution in [0.4, 0.5) is 4.79 Å².